The summed E-state index contributed by atoms with van der Waals surface area (Å²) in [4.78, 5) is 22.5. The predicted octanol–water partition coefficient (Wildman–Crippen LogP) is 2.30. The summed E-state index contributed by atoms with van der Waals surface area (Å²) in [5, 5.41) is 23.9. The maximum atomic E-state index is 13.4. The third kappa shape index (κ3) is 3.40. The van der Waals surface area contributed by atoms with Crippen LogP contribution in [0.4, 0.5) is 5.69 Å². The summed E-state index contributed by atoms with van der Waals surface area (Å²) in [5.41, 5.74) is 0.523. The fourth-order valence-corrected chi connectivity index (χ4v) is 5.81. The van der Waals surface area contributed by atoms with Crippen molar-refractivity contribution in [2.75, 3.05) is 13.1 Å². The van der Waals surface area contributed by atoms with Gasteiger partial charge in [-0.05, 0) is 32.3 Å². The quantitative estimate of drug-likeness (QED) is 0.566. The van der Waals surface area contributed by atoms with E-state index in [4.69, 9.17) is 0 Å². The van der Waals surface area contributed by atoms with Crippen molar-refractivity contribution in [1.82, 2.24) is 9.62 Å². The molecule has 1 aromatic carbocycles. The third-order valence-corrected chi connectivity index (χ3v) is 7.17. The summed E-state index contributed by atoms with van der Waals surface area (Å²) in [7, 11) is -3.95. The van der Waals surface area contributed by atoms with Crippen LogP contribution in [0.25, 0.3) is 0 Å². The van der Waals surface area contributed by atoms with Crippen LogP contribution < -0.4 is 5.32 Å². The highest BCUT2D eigenvalue weighted by atomic mass is 32.2. The zero-order valence-corrected chi connectivity index (χ0v) is 16.3. The normalized spacial score (nSPS) is 21.0. The first-order valence-electron chi connectivity index (χ1n) is 8.81. The minimum absolute atomic E-state index is 0.0714. The molecule has 1 saturated heterocycles. The Morgan fingerprint density at radius 2 is 1.89 bits per heavy atom. The van der Waals surface area contributed by atoms with E-state index in [1.807, 2.05) is 0 Å². The number of carboxylic acids is 1. The van der Waals surface area contributed by atoms with Crippen LogP contribution in [0, 0.1) is 10.1 Å². The number of benzene rings is 1. The number of nitro benzene ring substituents is 1. The average molecular weight is 407 g/mol. The highest BCUT2D eigenvalue weighted by Gasteiger charge is 2.42. The lowest BCUT2D eigenvalue weighted by atomic mass is 9.86. The van der Waals surface area contributed by atoms with Crippen molar-refractivity contribution in [3.8, 4) is 0 Å². The number of nitro groups is 1. The Labute approximate surface area is 162 Å². The second-order valence-electron chi connectivity index (χ2n) is 6.85. The van der Waals surface area contributed by atoms with E-state index in [1.54, 1.807) is 13.8 Å². The molecule has 2 aliphatic heterocycles. The van der Waals surface area contributed by atoms with E-state index in [2.05, 4.69) is 5.32 Å². The molecule has 0 amide bonds. The van der Waals surface area contributed by atoms with Crippen LogP contribution in [-0.2, 0) is 14.8 Å². The molecule has 0 bridgehead atoms. The van der Waals surface area contributed by atoms with Crippen LogP contribution in [0.1, 0.15) is 38.2 Å². The lowest BCUT2D eigenvalue weighted by molar-refractivity contribution is -0.384. The van der Waals surface area contributed by atoms with Gasteiger partial charge < -0.3 is 10.4 Å². The smallest absolute Gasteiger partial charge is 0.334 e. The maximum Gasteiger partial charge on any atom is 0.334 e. The molecule has 0 saturated carbocycles. The Kier molecular flexibility index (Phi) is 5.26. The molecule has 0 spiro atoms. The lowest BCUT2D eigenvalue weighted by Crippen LogP contribution is -2.37. The van der Waals surface area contributed by atoms with Crippen molar-refractivity contribution in [3.05, 3.63) is 61.8 Å². The van der Waals surface area contributed by atoms with Gasteiger partial charge in [0.05, 0.1) is 21.3 Å². The summed E-state index contributed by atoms with van der Waals surface area (Å²) in [6, 6.07) is 5.47. The molecule has 2 N–H and O–H groups in total. The molecule has 150 valence electrons. The SMILES string of the molecule is CC1=C(C(=O)O)C(c2cccc([N+](=O)[O-])c2)C(S(=O)(=O)N2CCCC2)=C(C)N1. The summed E-state index contributed by atoms with van der Waals surface area (Å²) in [5.74, 6) is -2.41. The molecule has 0 aromatic heterocycles. The topological polar surface area (TPSA) is 130 Å². The van der Waals surface area contributed by atoms with Crippen molar-refractivity contribution in [1.29, 1.82) is 0 Å². The number of hydrogen-bond donors (Lipinski definition) is 2. The van der Waals surface area contributed by atoms with E-state index < -0.39 is 26.8 Å². The van der Waals surface area contributed by atoms with E-state index in [0.29, 0.717) is 24.5 Å². The number of aliphatic carboxylic acids is 1. The number of nitrogens with zero attached hydrogens (tertiary/aromatic N) is 2. The number of carboxylic acid groups (broad SMARTS) is 1. The van der Waals surface area contributed by atoms with Crippen molar-refractivity contribution in [3.63, 3.8) is 0 Å². The largest absolute Gasteiger partial charge is 0.478 e. The molecular weight excluding hydrogens is 386 g/mol. The second kappa shape index (κ2) is 7.36. The van der Waals surface area contributed by atoms with E-state index in [1.165, 1.54) is 28.6 Å². The van der Waals surface area contributed by atoms with Gasteiger partial charge in [0.25, 0.3) is 5.69 Å². The second-order valence-corrected chi connectivity index (χ2v) is 8.76. The fourth-order valence-electron chi connectivity index (χ4n) is 3.80. The maximum absolute atomic E-state index is 13.4. The Hall–Kier alpha value is -2.72. The number of allylic oxidation sites excluding steroid dienone is 3. The Bertz CT molecular complexity index is 1010. The molecule has 1 unspecified atom stereocenters. The Balaban J connectivity index is 2.24. The highest BCUT2D eigenvalue weighted by molar-refractivity contribution is 7.93. The first-order valence-corrected chi connectivity index (χ1v) is 10.2. The van der Waals surface area contributed by atoms with Gasteiger partial charge >= 0.3 is 5.97 Å². The molecule has 2 aliphatic rings. The number of sulfonamides is 1. The van der Waals surface area contributed by atoms with Gasteiger partial charge in [0.15, 0.2) is 0 Å². The molecule has 0 aliphatic carbocycles. The predicted molar refractivity (Wildman–Crippen MR) is 102 cm³/mol. The average Bonchev–Trinajstić information content (AvgIpc) is 3.16. The standard InChI is InChI=1S/C18H21N3O6S/c1-11-15(18(22)23)16(13-6-5-7-14(10-13)21(24)25)17(12(2)19-11)28(26,27)20-8-3-4-9-20/h5-7,10,16,19H,3-4,8-9H2,1-2H3,(H,22,23). The molecule has 0 radical (unpaired) electrons. The van der Waals surface area contributed by atoms with Gasteiger partial charge in [0.1, 0.15) is 0 Å². The van der Waals surface area contributed by atoms with Gasteiger partial charge in [-0.25, -0.2) is 13.2 Å². The van der Waals surface area contributed by atoms with Gasteiger partial charge in [-0.15, -0.1) is 0 Å². The minimum atomic E-state index is -3.95. The monoisotopic (exact) mass is 407 g/mol. The van der Waals surface area contributed by atoms with Crippen molar-refractivity contribution in [2.45, 2.75) is 32.6 Å². The van der Waals surface area contributed by atoms with Crippen LogP contribution in [0.3, 0.4) is 0 Å². The minimum Gasteiger partial charge on any atom is -0.478 e. The summed E-state index contributed by atoms with van der Waals surface area (Å²) >= 11 is 0. The van der Waals surface area contributed by atoms with E-state index >= 15 is 0 Å². The lowest BCUT2D eigenvalue weighted by Gasteiger charge is -2.32. The van der Waals surface area contributed by atoms with Crippen LogP contribution >= 0.6 is 0 Å². The molecule has 1 aromatic rings. The summed E-state index contributed by atoms with van der Waals surface area (Å²) in [6.45, 7) is 3.86. The first kappa shape index (κ1) is 20.0. The number of non-ortho nitro benzene ring substituents is 1. The van der Waals surface area contributed by atoms with Crippen LogP contribution in [0.5, 0.6) is 0 Å². The summed E-state index contributed by atoms with van der Waals surface area (Å²) in [6.07, 6.45) is 1.47. The van der Waals surface area contributed by atoms with E-state index in [9.17, 15) is 28.4 Å². The van der Waals surface area contributed by atoms with E-state index in [-0.39, 0.29) is 21.7 Å². The molecule has 10 heteroatoms. The Morgan fingerprint density at radius 3 is 2.46 bits per heavy atom. The highest BCUT2D eigenvalue weighted by Crippen LogP contribution is 2.43. The van der Waals surface area contributed by atoms with Crippen molar-refractivity contribution in [2.24, 2.45) is 0 Å². The number of rotatable bonds is 5. The zero-order chi connectivity index (χ0) is 20.6. The molecule has 1 atom stereocenters. The summed E-state index contributed by atoms with van der Waals surface area (Å²) < 4.78 is 28.1. The van der Waals surface area contributed by atoms with E-state index in [0.717, 1.165) is 12.8 Å². The van der Waals surface area contributed by atoms with Gasteiger partial charge in [-0.3, -0.25) is 10.1 Å². The first-order chi connectivity index (χ1) is 13.1. The molecule has 2 heterocycles. The number of dihydropyridines is 1. The number of hydrogen-bond acceptors (Lipinski definition) is 6. The molecule has 28 heavy (non-hydrogen) atoms. The molecular formula is C18H21N3O6S. The molecule has 1 fully saturated rings. The number of nitrogens with one attached hydrogen (secondary N) is 1. The van der Waals surface area contributed by atoms with Crippen LogP contribution in [0.2, 0.25) is 0 Å². The van der Waals surface area contributed by atoms with Gasteiger partial charge in [0, 0.05) is 36.6 Å². The van der Waals surface area contributed by atoms with Crippen LogP contribution in [0.15, 0.2) is 46.1 Å². The van der Waals surface area contributed by atoms with Gasteiger partial charge in [-0.2, -0.15) is 4.31 Å². The van der Waals surface area contributed by atoms with Gasteiger partial charge in [-0.1, -0.05) is 12.1 Å². The third-order valence-electron chi connectivity index (χ3n) is 5.03. The van der Waals surface area contributed by atoms with Gasteiger partial charge in [0.2, 0.25) is 10.0 Å². The Morgan fingerprint density at radius 1 is 1.25 bits per heavy atom. The number of carbonyl (C=O) groups is 1. The molecule has 9 nitrogen and oxygen atoms in total. The molecule has 3 rings (SSSR count). The zero-order valence-electron chi connectivity index (χ0n) is 15.5. The van der Waals surface area contributed by atoms with Crippen LogP contribution in [-0.4, -0.2) is 41.8 Å². The van der Waals surface area contributed by atoms with Crippen molar-refractivity contribution >= 4 is 21.7 Å². The fraction of sp³-hybridized carbons (Fsp3) is 0.389. The van der Waals surface area contributed by atoms with Crippen molar-refractivity contribution < 1.29 is 23.2 Å².